The van der Waals surface area contributed by atoms with Gasteiger partial charge in [-0.25, -0.2) is 4.39 Å². The van der Waals surface area contributed by atoms with Crippen LogP contribution >= 0.6 is 15.9 Å². The Morgan fingerprint density at radius 1 is 1.19 bits per heavy atom. The molecule has 0 unspecified atom stereocenters. The fraction of sp³-hybridized carbons (Fsp3) is 0.300. The molecular weight excluding hydrogens is 415 g/mol. The standard InChI is InChI=1S/C20H20BrFN2O3/c21-17-10-13(4-7-18(17)22)8-9-23-19(25)12-27-16-3-1-2-15(11-16)24-20(26)14-5-6-14/h1-4,7,10-11,14H,5-6,8-9,12H2,(H,23,25)(H,24,26). The molecule has 1 saturated carbocycles. The second kappa shape index (κ2) is 8.99. The molecule has 27 heavy (non-hydrogen) atoms. The number of amides is 2. The molecule has 0 heterocycles. The van der Waals surface area contributed by atoms with Crippen molar-refractivity contribution in [2.75, 3.05) is 18.5 Å². The number of rotatable bonds is 8. The quantitative estimate of drug-likeness (QED) is 0.665. The third kappa shape index (κ3) is 6.06. The fourth-order valence-electron chi connectivity index (χ4n) is 2.49. The van der Waals surface area contributed by atoms with E-state index in [0.717, 1.165) is 18.4 Å². The minimum Gasteiger partial charge on any atom is -0.484 e. The minimum absolute atomic E-state index is 0.0253. The van der Waals surface area contributed by atoms with E-state index in [4.69, 9.17) is 4.74 Å². The smallest absolute Gasteiger partial charge is 0.257 e. The molecule has 2 N–H and O–H groups in total. The van der Waals surface area contributed by atoms with Crippen molar-refractivity contribution in [3.05, 3.63) is 58.3 Å². The van der Waals surface area contributed by atoms with Crippen LogP contribution in [0.3, 0.4) is 0 Å². The van der Waals surface area contributed by atoms with Crippen molar-refractivity contribution in [1.82, 2.24) is 5.32 Å². The molecule has 0 radical (unpaired) electrons. The summed E-state index contributed by atoms with van der Waals surface area (Å²) in [4.78, 5) is 23.7. The molecule has 0 saturated heterocycles. The summed E-state index contributed by atoms with van der Waals surface area (Å²) in [5, 5.41) is 5.61. The van der Waals surface area contributed by atoms with Gasteiger partial charge in [-0.3, -0.25) is 9.59 Å². The Morgan fingerprint density at radius 2 is 2.00 bits per heavy atom. The van der Waals surface area contributed by atoms with Gasteiger partial charge in [-0.1, -0.05) is 12.1 Å². The zero-order chi connectivity index (χ0) is 19.2. The summed E-state index contributed by atoms with van der Waals surface area (Å²) in [6, 6.07) is 11.7. The van der Waals surface area contributed by atoms with E-state index in [-0.39, 0.29) is 30.2 Å². The van der Waals surface area contributed by atoms with E-state index in [1.807, 2.05) is 0 Å². The van der Waals surface area contributed by atoms with Crippen molar-refractivity contribution in [2.24, 2.45) is 5.92 Å². The normalized spacial score (nSPS) is 13.1. The van der Waals surface area contributed by atoms with Crippen LogP contribution in [0.5, 0.6) is 5.75 Å². The van der Waals surface area contributed by atoms with Gasteiger partial charge in [-0.2, -0.15) is 0 Å². The van der Waals surface area contributed by atoms with E-state index in [9.17, 15) is 14.0 Å². The van der Waals surface area contributed by atoms with Crippen LogP contribution < -0.4 is 15.4 Å². The molecule has 5 nitrogen and oxygen atoms in total. The number of halogens is 2. The third-order valence-electron chi connectivity index (χ3n) is 4.14. The van der Waals surface area contributed by atoms with Gasteiger partial charge < -0.3 is 15.4 Å². The summed E-state index contributed by atoms with van der Waals surface area (Å²) < 4.78 is 19.1. The minimum atomic E-state index is -0.313. The molecule has 1 fully saturated rings. The number of ether oxygens (including phenoxy) is 1. The molecule has 2 amide bonds. The highest BCUT2D eigenvalue weighted by Gasteiger charge is 2.29. The van der Waals surface area contributed by atoms with Crippen LogP contribution in [0, 0.1) is 11.7 Å². The van der Waals surface area contributed by atoms with Gasteiger partial charge in [-0.05, 0) is 65.0 Å². The third-order valence-corrected chi connectivity index (χ3v) is 4.75. The van der Waals surface area contributed by atoms with Crippen LogP contribution in [0.2, 0.25) is 0 Å². The fourth-order valence-corrected chi connectivity index (χ4v) is 2.92. The second-order valence-electron chi connectivity index (χ2n) is 6.43. The van der Waals surface area contributed by atoms with Crippen LogP contribution in [0.15, 0.2) is 46.9 Å². The van der Waals surface area contributed by atoms with Gasteiger partial charge in [0.2, 0.25) is 5.91 Å². The highest BCUT2D eigenvalue weighted by molar-refractivity contribution is 9.10. The maximum atomic E-state index is 13.2. The average Bonchev–Trinajstić information content (AvgIpc) is 3.49. The predicted octanol–water partition coefficient (Wildman–Crippen LogP) is 3.67. The Balaban J connectivity index is 1.40. The molecular formula is C20H20BrFN2O3. The Kier molecular flexibility index (Phi) is 6.45. The van der Waals surface area contributed by atoms with Crippen molar-refractivity contribution < 1.29 is 18.7 Å². The van der Waals surface area contributed by atoms with Crippen molar-refractivity contribution in [3.63, 3.8) is 0 Å². The maximum Gasteiger partial charge on any atom is 0.257 e. The monoisotopic (exact) mass is 434 g/mol. The second-order valence-corrected chi connectivity index (χ2v) is 7.28. The van der Waals surface area contributed by atoms with Crippen molar-refractivity contribution in [1.29, 1.82) is 0 Å². The molecule has 0 aliphatic heterocycles. The zero-order valence-electron chi connectivity index (χ0n) is 14.6. The molecule has 0 spiro atoms. The van der Waals surface area contributed by atoms with Gasteiger partial charge in [0.25, 0.3) is 5.91 Å². The molecule has 2 aromatic carbocycles. The molecule has 142 valence electrons. The molecule has 1 aliphatic carbocycles. The molecule has 3 rings (SSSR count). The highest BCUT2D eigenvalue weighted by Crippen LogP contribution is 2.30. The van der Waals surface area contributed by atoms with Gasteiger partial charge in [0.15, 0.2) is 6.61 Å². The lowest BCUT2D eigenvalue weighted by atomic mass is 10.1. The van der Waals surface area contributed by atoms with Gasteiger partial charge in [0.1, 0.15) is 11.6 Å². The van der Waals surface area contributed by atoms with E-state index < -0.39 is 0 Å². The van der Waals surface area contributed by atoms with Gasteiger partial charge in [0, 0.05) is 24.2 Å². The molecule has 7 heteroatoms. The van der Waals surface area contributed by atoms with E-state index >= 15 is 0 Å². The molecule has 1 aliphatic rings. The largest absolute Gasteiger partial charge is 0.484 e. The van der Waals surface area contributed by atoms with Crippen LogP contribution in [0.25, 0.3) is 0 Å². The van der Waals surface area contributed by atoms with Crippen LogP contribution in [0.4, 0.5) is 10.1 Å². The summed E-state index contributed by atoms with van der Waals surface area (Å²) in [6.45, 7) is 0.310. The Labute approximate surface area is 165 Å². The number of anilines is 1. The summed E-state index contributed by atoms with van der Waals surface area (Å²) in [7, 11) is 0. The van der Waals surface area contributed by atoms with Crippen molar-refractivity contribution >= 4 is 33.4 Å². The molecule has 2 aromatic rings. The van der Waals surface area contributed by atoms with E-state index in [0.29, 0.717) is 28.9 Å². The number of carbonyl (C=O) groups excluding carboxylic acids is 2. The number of hydrogen-bond acceptors (Lipinski definition) is 3. The van der Waals surface area contributed by atoms with Crippen LogP contribution in [0.1, 0.15) is 18.4 Å². The van der Waals surface area contributed by atoms with Gasteiger partial charge >= 0.3 is 0 Å². The number of nitrogens with one attached hydrogen (secondary N) is 2. The lowest BCUT2D eigenvalue weighted by Crippen LogP contribution is -2.30. The average molecular weight is 435 g/mol. The van der Waals surface area contributed by atoms with Gasteiger partial charge in [-0.15, -0.1) is 0 Å². The molecule has 0 aromatic heterocycles. The summed E-state index contributed by atoms with van der Waals surface area (Å²) >= 11 is 3.14. The van der Waals surface area contributed by atoms with Crippen LogP contribution in [-0.2, 0) is 16.0 Å². The van der Waals surface area contributed by atoms with E-state index in [2.05, 4.69) is 26.6 Å². The first kappa shape index (κ1) is 19.4. The van der Waals surface area contributed by atoms with Crippen molar-refractivity contribution in [3.8, 4) is 5.75 Å². The van der Waals surface area contributed by atoms with E-state index in [1.54, 1.807) is 36.4 Å². The first-order chi connectivity index (χ1) is 13.0. The Bertz CT molecular complexity index is 840. The lowest BCUT2D eigenvalue weighted by molar-refractivity contribution is -0.123. The topological polar surface area (TPSA) is 67.4 Å². The zero-order valence-corrected chi connectivity index (χ0v) is 16.2. The Hall–Kier alpha value is -2.41. The maximum absolute atomic E-state index is 13.2. The number of benzene rings is 2. The van der Waals surface area contributed by atoms with Crippen molar-refractivity contribution in [2.45, 2.75) is 19.3 Å². The number of hydrogen-bond donors (Lipinski definition) is 2. The van der Waals surface area contributed by atoms with Gasteiger partial charge in [0.05, 0.1) is 4.47 Å². The molecule has 0 bridgehead atoms. The summed E-state index contributed by atoms with van der Waals surface area (Å²) in [5.74, 6) is 0.107. The SMILES string of the molecule is O=C(COc1cccc(NC(=O)C2CC2)c1)NCCc1ccc(F)c(Br)c1. The first-order valence-corrected chi connectivity index (χ1v) is 9.55. The molecule has 0 atom stereocenters. The Morgan fingerprint density at radius 3 is 2.74 bits per heavy atom. The summed E-state index contributed by atoms with van der Waals surface area (Å²) in [5.41, 5.74) is 1.58. The van der Waals surface area contributed by atoms with E-state index in [1.165, 1.54) is 6.07 Å². The first-order valence-electron chi connectivity index (χ1n) is 8.75. The lowest BCUT2D eigenvalue weighted by Gasteiger charge is -2.10. The summed E-state index contributed by atoms with van der Waals surface area (Å²) in [6.07, 6.45) is 2.47. The van der Waals surface area contributed by atoms with Crippen LogP contribution in [-0.4, -0.2) is 25.0 Å². The predicted molar refractivity (Wildman–Crippen MR) is 104 cm³/mol. The highest BCUT2D eigenvalue weighted by atomic mass is 79.9. The number of carbonyl (C=O) groups is 2.